The van der Waals surface area contributed by atoms with Crippen molar-refractivity contribution >= 4 is 28.6 Å². The average Bonchev–Trinajstić information content (AvgIpc) is 2.87. The number of hydrogen-bond donors (Lipinski definition) is 3. The number of fused-ring (bicyclic) bond motifs is 1. The van der Waals surface area contributed by atoms with Crippen LogP contribution in [0.2, 0.25) is 0 Å². The minimum atomic E-state index is 0.0324. The van der Waals surface area contributed by atoms with Crippen molar-refractivity contribution < 1.29 is 5.11 Å². The molecule has 0 saturated heterocycles. The Morgan fingerprint density at radius 1 is 1.20 bits per heavy atom. The zero-order chi connectivity index (χ0) is 13.9. The summed E-state index contributed by atoms with van der Waals surface area (Å²) in [6.07, 6.45) is 0. The molecule has 0 spiro atoms. The van der Waals surface area contributed by atoms with Gasteiger partial charge >= 0.3 is 0 Å². The van der Waals surface area contributed by atoms with E-state index in [4.69, 9.17) is 10.8 Å². The zero-order valence-corrected chi connectivity index (χ0v) is 11.5. The van der Waals surface area contributed by atoms with Gasteiger partial charge in [-0.1, -0.05) is 23.9 Å². The summed E-state index contributed by atoms with van der Waals surface area (Å²) in [6, 6.07) is 11.3. The van der Waals surface area contributed by atoms with Crippen LogP contribution >= 0.6 is 11.8 Å². The molecular weight excluding hydrogens is 272 g/mol. The van der Waals surface area contributed by atoms with Crippen LogP contribution in [0, 0.1) is 0 Å². The second-order valence-corrected chi connectivity index (χ2v) is 5.36. The van der Waals surface area contributed by atoms with Crippen LogP contribution in [0.15, 0.2) is 41.6 Å². The lowest BCUT2D eigenvalue weighted by Gasteiger charge is -1.99. The predicted molar refractivity (Wildman–Crippen MR) is 80.2 cm³/mol. The van der Waals surface area contributed by atoms with Gasteiger partial charge in [-0.2, -0.15) is 0 Å². The number of pyridine rings is 1. The smallest absolute Gasteiger partial charge is 0.166 e. The van der Waals surface area contributed by atoms with Crippen molar-refractivity contribution in [2.45, 2.75) is 17.5 Å². The third kappa shape index (κ3) is 2.76. The SMILES string of the molecule is Nc1cccc(CSc2nc3ccc(CO)cc3[nH]2)n1. The average molecular weight is 286 g/mol. The second kappa shape index (κ2) is 5.52. The Kier molecular flexibility index (Phi) is 3.58. The Morgan fingerprint density at radius 3 is 2.90 bits per heavy atom. The fourth-order valence-corrected chi connectivity index (χ4v) is 2.71. The molecule has 0 aliphatic rings. The summed E-state index contributed by atoms with van der Waals surface area (Å²) < 4.78 is 0. The van der Waals surface area contributed by atoms with Crippen molar-refractivity contribution in [2.75, 3.05) is 5.73 Å². The van der Waals surface area contributed by atoms with Gasteiger partial charge in [0.2, 0.25) is 0 Å². The van der Waals surface area contributed by atoms with Crippen molar-refractivity contribution in [3.05, 3.63) is 47.7 Å². The Morgan fingerprint density at radius 2 is 2.10 bits per heavy atom. The molecule has 0 atom stereocenters. The van der Waals surface area contributed by atoms with Gasteiger partial charge in [0.05, 0.1) is 23.3 Å². The number of imidazole rings is 1. The molecule has 5 nitrogen and oxygen atoms in total. The lowest BCUT2D eigenvalue weighted by atomic mass is 10.2. The summed E-state index contributed by atoms with van der Waals surface area (Å²) in [5, 5.41) is 9.95. The highest BCUT2D eigenvalue weighted by molar-refractivity contribution is 7.98. The number of hydrogen-bond acceptors (Lipinski definition) is 5. The number of aliphatic hydroxyl groups excluding tert-OH is 1. The van der Waals surface area contributed by atoms with Crippen LogP contribution in [0.3, 0.4) is 0 Å². The molecule has 3 aromatic rings. The molecule has 0 aliphatic heterocycles. The number of aromatic amines is 1. The maximum atomic E-state index is 9.12. The number of rotatable bonds is 4. The van der Waals surface area contributed by atoms with Gasteiger partial charge < -0.3 is 15.8 Å². The lowest BCUT2D eigenvalue weighted by Crippen LogP contribution is -1.93. The summed E-state index contributed by atoms with van der Waals surface area (Å²) in [5.74, 6) is 1.23. The molecule has 0 aliphatic carbocycles. The van der Waals surface area contributed by atoms with Crippen molar-refractivity contribution in [1.82, 2.24) is 15.0 Å². The van der Waals surface area contributed by atoms with E-state index in [9.17, 15) is 0 Å². The summed E-state index contributed by atoms with van der Waals surface area (Å²) in [4.78, 5) is 12.0. The molecular formula is C14H14N4OS. The number of nitrogen functional groups attached to an aromatic ring is 1. The molecule has 0 bridgehead atoms. The van der Waals surface area contributed by atoms with Gasteiger partial charge in [0.15, 0.2) is 5.16 Å². The maximum absolute atomic E-state index is 9.12. The number of nitrogens with one attached hydrogen (secondary N) is 1. The van der Waals surface area contributed by atoms with Gasteiger partial charge in [0.25, 0.3) is 0 Å². The molecule has 102 valence electrons. The Balaban J connectivity index is 1.77. The summed E-state index contributed by atoms with van der Waals surface area (Å²) in [7, 11) is 0. The predicted octanol–water partition coefficient (Wildman–Crippen LogP) is 2.32. The highest BCUT2D eigenvalue weighted by Crippen LogP contribution is 2.23. The Hall–Kier alpha value is -2.05. The molecule has 4 N–H and O–H groups in total. The zero-order valence-electron chi connectivity index (χ0n) is 10.7. The van der Waals surface area contributed by atoms with Crippen LogP contribution in [0.1, 0.15) is 11.3 Å². The third-order valence-corrected chi connectivity index (χ3v) is 3.80. The minimum absolute atomic E-state index is 0.0324. The van der Waals surface area contributed by atoms with Crippen LogP contribution in [-0.2, 0) is 12.4 Å². The van der Waals surface area contributed by atoms with E-state index < -0.39 is 0 Å². The lowest BCUT2D eigenvalue weighted by molar-refractivity contribution is 0.282. The van der Waals surface area contributed by atoms with Crippen LogP contribution in [-0.4, -0.2) is 20.1 Å². The third-order valence-electron chi connectivity index (χ3n) is 2.89. The Labute approximate surface area is 120 Å². The van der Waals surface area contributed by atoms with Crippen molar-refractivity contribution in [3.8, 4) is 0 Å². The van der Waals surface area contributed by atoms with Gasteiger partial charge in [0, 0.05) is 5.75 Å². The number of anilines is 1. The summed E-state index contributed by atoms with van der Waals surface area (Å²) in [5.41, 5.74) is 9.27. The number of aliphatic hydroxyl groups is 1. The van der Waals surface area contributed by atoms with Gasteiger partial charge in [-0.15, -0.1) is 0 Å². The molecule has 0 fully saturated rings. The van der Waals surface area contributed by atoms with E-state index in [1.807, 2.05) is 30.3 Å². The first kappa shape index (κ1) is 13.0. The molecule has 0 amide bonds. The molecule has 2 aromatic heterocycles. The first-order valence-electron chi connectivity index (χ1n) is 6.18. The van der Waals surface area contributed by atoms with Crippen LogP contribution in [0.4, 0.5) is 5.82 Å². The van der Waals surface area contributed by atoms with E-state index in [0.29, 0.717) is 11.6 Å². The van der Waals surface area contributed by atoms with Crippen LogP contribution < -0.4 is 5.73 Å². The molecule has 1 aromatic carbocycles. The number of aromatic nitrogens is 3. The first-order chi connectivity index (χ1) is 9.74. The molecule has 20 heavy (non-hydrogen) atoms. The number of H-pyrrole nitrogens is 1. The van der Waals surface area contributed by atoms with E-state index in [1.54, 1.807) is 17.8 Å². The van der Waals surface area contributed by atoms with Crippen molar-refractivity contribution in [2.24, 2.45) is 0 Å². The van der Waals surface area contributed by atoms with E-state index in [2.05, 4.69) is 15.0 Å². The standard InChI is InChI=1S/C14H14N4OS/c15-13-3-1-2-10(16-13)8-20-14-17-11-5-4-9(7-19)6-12(11)18-14/h1-6,19H,7-8H2,(H2,15,16)(H,17,18). The van der Waals surface area contributed by atoms with E-state index in [0.717, 1.165) is 27.4 Å². The number of nitrogens with zero attached hydrogens (tertiary/aromatic N) is 2. The normalized spacial score (nSPS) is 11.1. The molecule has 2 heterocycles. The van der Waals surface area contributed by atoms with Gasteiger partial charge in [-0.25, -0.2) is 9.97 Å². The fourth-order valence-electron chi connectivity index (χ4n) is 1.92. The van der Waals surface area contributed by atoms with Gasteiger partial charge in [0.1, 0.15) is 5.82 Å². The minimum Gasteiger partial charge on any atom is -0.392 e. The molecule has 0 radical (unpaired) electrons. The molecule has 0 unspecified atom stereocenters. The van der Waals surface area contributed by atoms with Gasteiger partial charge in [-0.3, -0.25) is 0 Å². The highest BCUT2D eigenvalue weighted by atomic mass is 32.2. The van der Waals surface area contributed by atoms with Crippen molar-refractivity contribution in [1.29, 1.82) is 0 Å². The maximum Gasteiger partial charge on any atom is 0.166 e. The monoisotopic (exact) mass is 286 g/mol. The summed E-state index contributed by atoms with van der Waals surface area (Å²) in [6.45, 7) is 0.0324. The number of nitrogens with two attached hydrogens (primary N) is 1. The number of benzene rings is 1. The van der Waals surface area contributed by atoms with Crippen LogP contribution in [0.25, 0.3) is 11.0 Å². The second-order valence-electron chi connectivity index (χ2n) is 4.39. The van der Waals surface area contributed by atoms with Crippen molar-refractivity contribution in [3.63, 3.8) is 0 Å². The first-order valence-corrected chi connectivity index (χ1v) is 7.17. The number of thioether (sulfide) groups is 1. The largest absolute Gasteiger partial charge is 0.392 e. The molecule has 3 rings (SSSR count). The summed E-state index contributed by atoms with van der Waals surface area (Å²) >= 11 is 1.57. The van der Waals surface area contributed by atoms with E-state index in [1.165, 1.54) is 0 Å². The Bertz CT molecular complexity index is 741. The van der Waals surface area contributed by atoms with E-state index in [-0.39, 0.29) is 6.61 Å². The highest BCUT2D eigenvalue weighted by Gasteiger charge is 2.05. The molecule has 6 heteroatoms. The molecule has 0 saturated carbocycles. The quantitative estimate of drug-likeness (QED) is 0.641. The van der Waals surface area contributed by atoms with Crippen LogP contribution in [0.5, 0.6) is 0 Å². The topological polar surface area (TPSA) is 87.8 Å². The van der Waals surface area contributed by atoms with E-state index >= 15 is 0 Å². The van der Waals surface area contributed by atoms with Gasteiger partial charge in [-0.05, 0) is 29.8 Å². The fraction of sp³-hybridized carbons (Fsp3) is 0.143.